The molecule has 0 aromatic carbocycles. The van der Waals surface area contributed by atoms with Gasteiger partial charge in [0.2, 0.25) is 0 Å². The lowest BCUT2D eigenvalue weighted by Crippen LogP contribution is -2.41. The van der Waals surface area contributed by atoms with E-state index in [9.17, 15) is 0 Å². The van der Waals surface area contributed by atoms with Gasteiger partial charge in [0.25, 0.3) is 0 Å². The van der Waals surface area contributed by atoms with Crippen molar-refractivity contribution in [1.29, 1.82) is 0 Å². The van der Waals surface area contributed by atoms with Crippen LogP contribution in [0.25, 0.3) is 0 Å². The Bertz CT molecular complexity index is 618. The number of aryl methyl sites for hydroxylation is 1. The second-order valence-electron chi connectivity index (χ2n) is 8.25. The highest BCUT2D eigenvalue weighted by Gasteiger charge is 2.53. The Kier molecular flexibility index (Phi) is 3.78. The van der Waals surface area contributed by atoms with Crippen LogP contribution in [0.2, 0.25) is 0 Å². The van der Waals surface area contributed by atoms with Gasteiger partial charge in [-0.15, -0.1) is 0 Å². The molecule has 126 valence electrons. The molecule has 0 N–H and O–H groups in total. The van der Waals surface area contributed by atoms with Gasteiger partial charge in [-0.25, -0.2) is 0 Å². The highest BCUT2D eigenvalue weighted by Crippen LogP contribution is 2.43. The summed E-state index contributed by atoms with van der Waals surface area (Å²) in [6, 6.07) is 0. The first-order valence-corrected chi connectivity index (χ1v) is 8.22. The van der Waals surface area contributed by atoms with Crippen LogP contribution in [0.4, 0.5) is 0 Å². The first-order valence-electron chi connectivity index (χ1n) is 8.22. The Balaban J connectivity index is 1.90. The SMILES string of the molecule is Cn1cc(C2C=C(B3OC(C)(C)C(C)(C)O3)CC(C)(C)O2)cn1. The molecule has 0 spiro atoms. The number of ether oxygens (including phenoxy) is 1. The molecule has 3 rings (SSSR count). The van der Waals surface area contributed by atoms with Crippen LogP contribution >= 0.6 is 0 Å². The van der Waals surface area contributed by atoms with Gasteiger partial charge in [0.05, 0.1) is 23.0 Å². The van der Waals surface area contributed by atoms with Crippen molar-refractivity contribution >= 4 is 7.12 Å². The molecular formula is C17H27BN2O3. The molecular weight excluding hydrogens is 291 g/mol. The molecule has 0 saturated carbocycles. The van der Waals surface area contributed by atoms with E-state index in [4.69, 9.17) is 14.0 Å². The molecule has 1 fully saturated rings. The smallest absolute Gasteiger partial charge is 0.400 e. The summed E-state index contributed by atoms with van der Waals surface area (Å²) >= 11 is 0. The lowest BCUT2D eigenvalue weighted by atomic mass is 9.70. The summed E-state index contributed by atoms with van der Waals surface area (Å²) in [5, 5.41) is 4.25. The molecule has 1 unspecified atom stereocenters. The Hall–Kier alpha value is -1.11. The second kappa shape index (κ2) is 5.20. The fourth-order valence-corrected chi connectivity index (χ4v) is 3.07. The summed E-state index contributed by atoms with van der Waals surface area (Å²) < 4.78 is 20.5. The molecule has 0 bridgehead atoms. The zero-order valence-electron chi connectivity index (χ0n) is 15.2. The van der Waals surface area contributed by atoms with E-state index in [-0.39, 0.29) is 30.0 Å². The normalized spacial score (nSPS) is 28.7. The summed E-state index contributed by atoms with van der Waals surface area (Å²) in [5.41, 5.74) is 1.27. The second-order valence-corrected chi connectivity index (χ2v) is 8.25. The maximum atomic E-state index is 6.23. The monoisotopic (exact) mass is 318 g/mol. The van der Waals surface area contributed by atoms with Gasteiger partial charge >= 0.3 is 7.12 Å². The third kappa shape index (κ3) is 3.12. The van der Waals surface area contributed by atoms with Crippen LogP contribution in [0, 0.1) is 0 Å². The number of hydrogen-bond donors (Lipinski definition) is 0. The molecule has 2 aliphatic rings. The lowest BCUT2D eigenvalue weighted by molar-refractivity contribution is -0.0611. The van der Waals surface area contributed by atoms with E-state index >= 15 is 0 Å². The Morgan fingerprint density at radius 1 is 1.13 bits per heavy atom. The van der Waals surface area contributed by atoms with E-state index < -0.39 is 0 Å². The molecule has 1 aromatic heterocycles. The molecule has 0 amide bonds. The minimum Gasteiger partial charge on any atom is -0.400 e. The highest BCUT2D eigenvalue weighted by atomic mass is 16.7. The largest absolute Gasteiger partial charge is 0.490 e. The van der Waals surface area contributed by atoms with Gasteiger partial charge in [0, 0.05) is 18.8 Å². The molecule has 23 heavy (non-hydrogen) atoms. The number of rotatable bonds is 2. The van der Waals surface area contributed by atoms with Crippen LogP contribution in [-0.4, -0.2) is 33.7 Å². The average Bonchev–Trinajstić information content (AvgIpc) is 2.90. The predicted octanol–water partition coefficient (Wildman–Crippen LogP) is 3.22. The molecule has 6 heteroatoms. The van der Waals surface area contributed by atoms with Crippen LogP contribution in [0.1, 0.15) is 59.6 Å². The Labute approximate surface area is 139 Å². The van der Waals surface area contributed by atoms with Gasteiger partial charge in [-0.2, -0.15) is 5.10 Å². The van der Waals surface area contributed by atoms with Crippen molar-refractivity contribution in [2.45, 2.75) is 70.9 Å². The number of nitrogens with zero attached hydrogens (tertiary/aromatic N) is 2. The quantitative estimate of drug-likeness (QED) is 0.786. The summed E-state index contributed by atoms with van der Waals surface area (Å²) in [5.74, 6) is 0. The van der Waals surface area contributed by atoms with E-state index in [2.05, 4.69) is 52.7 Å². The van der Waals surface area contributed by atoms with Gasteiger partial charge in [-0.1, -0.05) is 6.08 Å². The van der Waals surface area contributed by atoms with Crippen LogP contribution in [-0.2, 0) is 21.1 Å². The van der Waals surface area contributed by atoms with Crippen molar-refractivity contribution in [1.82, 2.24) is 9.78 Å². The van der Waals surface area contributed by atoms with Crippen molar-refractivity contribution < 1.29 is 14.0 Å². The van der Waals surface area contributed by atoms with Crippen molar-refractivity contribution in [3.05, 3.63) is 29.5 Å². The van der Waals surface area contributed by atoms with Crippen LogP contribution in [0.3, 0.4) is 0 Å². The van der Waals surface area contributed by atoms with Gasteiger partial charge in [0.1, 0.15) is 6.10 Å². The summed E-state index contributed by atoms with van der Waals surface area (Å²) in [6.45, 7) is 12.5. The summed E-state index contributed by atoms with van der Waals surface area (Å²) in [6.07, 6.45) is 6.64. The highest BCUT2D eigenvalue weighted by molar-refractivity contribution is 6.54. The molecule has 2 aliphatic heterocycles. The molecule has 1 atom stereocenters. The maximum absolute atomic E-state index is 6.23. The van der Waals surface area contributed by atoms with E-state index in [0.29, 0.717) is 0 Å². The van der Waals surface area contributed by atoms with E-state index in [1.165, 1.54) is 0 Å². The van der Waals surface area contributed by atoms with E-state index in [0.717, 1.165) is 17.5 Å². The van der Waals surface area contributed by atoms with Crippen molar-refractivity contribution in [2.24, 2.45) is 7.05 Å². The Morgan fingerprint density at radius 3 is 2.26 bits per heavy atom. The number of hydrogen-bond acceptors (Lipinski definition) is 4. The predicted molar refractivity (Wildman–Crippen MR) is 89.9 cm³/mol. The molecule has 5 nitrogen and oxygen atoms in total. The van der Waals surface area contributed by atoms with Crippen molar-refractivity contribution in [3.8, 4) is 0 Å². The van der Waals surface area contributed by atoms with Crippen molar-refractivity contribution in [3.63, 3.8) is 0 Å². The van der Waals surface area contributed by atoms with E-state index in [1.807, 2.05) is 19.4 Å². The zero-order valence-corrected chi connectivity index (χ0v) is 15.2. The summed E-state index contributed by atoms with van der Waals surface area (Å²) in [4.78, 5) is 0. The first kappa shape index (κ1) is 16.7. The zero-order chi connectivity index (χ0) is 17.0. The topological polar surface area (TPSA) is 45.5 Å². The minimum absolute atomic E-state index is 0.124. The maximum Gasteiger partial charge on any atom is 0.490 e. The van der Waals surface area contributed by atoms with Crippen molar-refractivity contribution in [2.75, 3.05) is 0 Å². The summed E-state index contributed by atoms with van der Waals surface area (Å²) in [7, 11) is 1.60. The molecule has 0 aliphatic carbocycles. The van der Waals surface area contributed by atoms with E-state index in [1.54, 1.807) is 4.68 Å². The molecule has 1 saturated heterocycles. The van der Waals surface area contributed by atoms with Crippen LogP contribution < -0.4 is 0 Å². The first-order chi connectivity index (χ1) is 10.5. The average molecular weight is 318 g/mol. The van der Waals surface area contributed by atoms with Gasteiger partial charge < -0.3 is 14.0 Å². The van der Waals surface area contributed by atoms with Gasteiger partial charge in [0.15, 0.2) is 0 Å². The molecule has 1 aromatic rings. The van der Waals surface area contributed by atoms with Crippen LogP contribution in [0.15, 0.2) is 23.9 Å². The lowest BCUT2D eigenvalue weighted by Gasteiger charge is -2.35. The fraction of sp³-hybridized carbons (Fsp3) is 0.706. The minimum atomic E-state index is -0.329. The Morgan fingerprint density at radius 2 is 1.74 bits per heavy atom. The van der Waals surface area contributed by atoms with Crippen LogP contribution in [0.5, 0.6) is 0 Å². The molecule has 3 heterocycles. The molecule has 0 radical (unpaired) electrons. The fourth-order valence-electron chi connectivity index (χ4n) is 3.07. The van der Waals surface area contributed by atoms with Gasteiger partial charge in [-0.3, -0.25) is 4.68 Å². The standard InChI is InChI=1S/C17H27BN2O3/c1-15(2)9-13(18-22-16(3,4)17(5,6)23-18)8-14(21-15)12-10-19-20(7)11-12/h8,10-11,14H,9H2,1-7H3. The third-order valence-corrected chi connectivity index (χ3v) is 5.05. The third-order valence-electron chi connectivity index (χ3n) is 5.05. The number of aromatic nitrogens is 2. The van der Waals surface area contributed by atoms with Gasteiger partial charge in [-0.05, 0) is 53.4 Å².